The van der Waals surface area contributed by atoms with Crippen LogP contribution in [0, 0.1) is 0 Å². The highest BCUT2D eigenvalue weighted by Crippen LogP contribution is 2.31. The van der Waals surface area contributed by atoms with Gasteiger partial charge in [0.1, 0.15) is 4.90 Å². The quantitative estimate of drug-likeness (QED) is 0.446. The van der Waals surface area contributed by atoms with Gasteiger partial charge in [-0.1, -0.05) is 63.5 Å². The molecule has 0 aliphatic heterocycles. The molecule has 0 atom stereocenters. The van der Waals surface area contributed by atoms with E-state index in [1.807, 2.05) is 12.1 Å². The molecular formula is C21H36N2O3SSi2. The maximum absolute atomic E-state index is 11.9. The Kier molecular flexibility index (Phi) is 7.38. The molecule has 2 rings (SSSR count). The summed E-state index contributed by atoms with van der Waals surface area (Å²) in [5.74, 6) is 0. The summed E-state index contributed by atoms with van der Waals surface area (Å²) in [7, 11) is -4.66. The van der Waals surface area contributed by atoms with Crippen LogP contribution in [0.3, 0.4) is 0 Å². The first-order valence-electron chi connectivity index (χ1n) is 10.1. The minimum Gasteiger partial charge on any atom is -0.373 e. The van der Waals surface area contributed by atoms with Crippen LogP contribution in [-0.2, 0) is 10.1 Å². The maximum atomic E-state index is 11.9. The third-order valence-corrected chi connectivity index (χ3v) is 8.37. The first kappa shape index (κ1) is 24.1. The summed E-state index contributed by atoms with van der Waals surface area (Å²) in [6.45, 7) is 16.0. The normalized spacial score (nSPS) is 13.3. The van der Waals surface area contributed by atoms with Crippen molar-refractivity contribution in [1.29, 1.82) is 0 Å². The van der Waals surface area contributed by atoms with Crippen LogP contribution >= 0.6 is 0 Å². The highest BCUT2D eigenvalue weighted by Gasteiger charge is 2.23. The summed E-state index contributed by atoms with van der Waals surface area (Å²) < 4.78 is 33.4. The summed E-state index contributed by atoms with van der Waals surface area (Å²) in [6.07, 6.45) is 2.14. The van der Waals surface area contributed by atoms with E-state index in [9.17, 15) is 13.0 Å². The van der Waals surface area contributed by atoms with Gasteiger partial charge >= 0.3 is 0 Å². The van der Waals surface area contributed by atoms with E-state index in [0.717, 1.165) is 36.5 Å². The second-order valence-electron chi connectivity index (χ2n) is 10.4. The highest BCUT2D eigenvalue weighted by atomic mass is 32.2. The second kappa shape index (κ2) is 8.89. The zero-order chi connectivity index (χ0) is 22.0. The third-order valence-electron chi connectivity index (χ3n) is 4.64. The Morgan fingerprint density at radius 2 is 1.38 bits per heavy atom. The van der Waals surface area contributed by atoms with E-state index >= 15 is 0 Å². The van der Waals surface area contributed by atoms with E-state index in [1.165, 1.54) is 6.07 Å². The maximum Gasteiger partial charge on any atom is 0.295 e. The number of rotatable bonds is 9. The molecule has 0 fully saturated rings. The Morgan fingerprint density at radius 3 is 1.93 bits per heavy atom. The molecule has 1 N–H and O–H groups in total. The van der Waals surface area contributed by atoms with E-state index in [4.69, 9.17) is 0 Å². The third kappa shape index (κ3) is 7.22. The van der Waals surface area contributed by atoms with Crippen molar-refractivity contribution < 1.29 is 13.0 Å². The fourth-order valence-electron chi connectivity index (χ4n) is 3.80. The van der Waals surface area contributed by atoms with Crippen LogP contribution in [-0.4, -0.2) is 66.5 Å². The molecule has 2 aromatic carbocycles. The number of benzene rings is 2. The molecule has 0 unspecified atom stereocenters. The van der Waals surface area contributed by atoms with Crippen molar-refractivity contribution in [3.05, 3.63) is 36.4 Å². The van der Waals surface area contributed by atoms with E-state index in [-0.39, 0.29) is 4.90 Å². The zero-order valence-corrected chi connectivity index (χ0v) is 21.7. The van der Waals surface area contributed by atoms with Crippen LogP contribution in [0.15, 0.2) is 41.3 Å². The van der Waals surface area contributed by atoms with Gasteiger partial charge in [0, 0.05) is 35.7 Å². The first-order chi connectivity index (χ1) is 13.2. The number of nitrogens with zero attached hydrogens (tertiary/aromatic N) is 2. The number of fused-ring (bicyclic) bond motifs is 1. The van der Waals surface area contributed by atoms with Gasteiger partial charge in [-0.2, -0.15) is 8.42 Å². The SMILES string of the molecule is CN(CCN(C[Si](C)(C)C)c1cccc2c(S(=O)(=O)O)cccc12)C[Si](C)(C)C. The van der Waals surface area contributed by atoms with Crippen molar-refractivity contribution in [1.82, 2.24) is 4.90 Å². The molecule has 0 aliphatic rings. The number of anilines is 1. The Morgan fingerprint density at radius 1 is 0.828 bits per heavy atom. The van der Waals surface area contributed by atoms with Gasteiger partial charge in [-0.3, -0.25) is 4.55 Å². The number of hydrogen-bond acceptors (Lipinski definition) is 4. The molecule has 0 aliphatic carbocycles. The van der Waals surface area contributed by atoms with E-state index in [0.29, 0.717) is 5.39 Å². The van der Waals surface area contributed by atoms with Crippen LogP contribution in [0.25, 0.3) is 10.8 Å². The van der Waals surface area contributed by atoms with Gasteiger partial charge in [0.15, 0.2) is 0 Å². The summed E-state index contributed by atoms with van der Waals surface area (Å²) in [5.41, 5.74) is 1.04. The Labute approximate surface area is 178 Å². The monoisotopic (exact) mass is 452 g/mol. The first-order valence-corrected chi connectivity index (χ1v) is 19.0. The smallest absolute Gasteiger partial charge is 0.295 e. The fraction of sp³-hybridized carbons (Fsp3) is 0.524. The van der Waals surface area contributed by atoms with Crippen LogP contribution < -0.4 is 4.90 Å². The molecular weight excluding hydrogens is 416 g/mol. The predicted octanol–water partition coefficient (Wildman–Crippen LogP) is 4.58. The van der Waals surface area contributed by atoms with Crippen molar-refractivity contribution >= 4 is 42.7 Å². The van der Waals surface area contributed by atoms with Crippen LogP contribution in [0.2, 0.25) is 39.3 Å². The lowest BCUT2D eigenvalue weighted by atomic mass is 10.1. The molecule has 162 valence electrons. The van der Waals surface area contributed by atoms with Gasteiger partial charge in [-0.15, -0.1) is 0 Å². The summed E-state index contributed by atoms with van der Waals surface area (Å²) in [4.78, 5) is 4.79. The lowest BCUT2D eigenvalue weighted by Crippen LogP contribution is -2.46. The van der Waals surface area contributed by atoms with E-state index < -0.39 is 26.3 Å². The van der Waals surface area contributed by atoms with Crippen molar-refractivity contribution in [2.75, 3.05) is 37.4 Å². The fourth-order valence-corrected chi connectivity index (χ4v) is 7.76. The zero-order valence-electron chi connectivity index (χ0n) is 18.9. The molecule has 0 amide bonds. The predicted molar refractivity (Wildman–Crippen MR) is 130 cm³/mol. The topological polar surface area (TPSA) is 60.9 Å². The molecule has 0 aromatic heterocycles. The molecule has 2 aromatic rings. The van der Waals surface area contributed by atoms with Crippen LogP contribution in [0.5, 0.6) is 0 Å². The molecule has 0 radical (unpaired) electrons. The van der Waals surface area contributed by atoms with Crippen molar-refractivity contribution in [2.24, 2.45) is 0 Å². The van der Waals surface area contributed by atoms with Crippen molar-refractivity contribution in [3.63, 3.8) is 0 Å². The molecule has 0 heterocycles. The summed E-state index contributed by atoms with van der Waals surface area (Å²) in [5, 5.41) is 1.44. The van der Waals surface area contributed by atoms with Gasteiger partial charge in [0.05, 0.1) is 16.1 Å². The standard InChI is InChI=1S/C21H36N2O3SSi2/c1-22(16-28(2,3)4)14-15-23(17-29(5,6)7)20-12-8-11-19-18(20)10-9-13-21(19)27(24,25)26/h8-13H,14-17H2,1-7H3,(H,24,25,26). The molecule has 8 heteroatoms. The molecule has 0 saturated carbocycles. The Balaban J connectivity index is 2.44. The summed E-state index contributed by atoms with van der Waals surface area (Å²) in [6, 6.07) is 10.8. The average molecular weight is 453 g/mol. The molecule has 0 saturated heterocycles. The second-order valence-corrected chi connectivity index (χ2v) is 22.6. The number of hydrogen-bond donors (Lipinski definition) is 1. The van der Waals surface area contributed by atoms with Crippen LogP contribution in [0.1, 0.15) is 0 Å². The van der Waals surface area contributed by atoms with E-state index in [1.54, 1.807) is 12.1 Å². The molecule has 29 heavy (non-hydrogen) atoms. The number of likely N-dealkylation sites (N-methyl/N-ethyl adjacent to an activating group) is 1. The van der Waals surface area contributed by atoms with Gasteiger partial charge in [-0.05, 0) is 25.3 Å². The van der Waals surface area contributed by atoms with Gasteiger partial charge in [0.25, 0.3) is 10.1 Å². The van der Waals surface area contributed by atoms with Crippen molar-refractivity contribution in [3.8, 4) is 0 Å². The minimum absolute atomic E-state index is 0.0272. The molecule has 0 spiro atoms. The van der Waals surface area contributed by atoms with E-state index in [2.05, 4.69) is 62.2 Å². The highest BCUT2D eigenvalue weighted by molar-refractivity contribution is 7.86. The summed E-state index contributed by atoms with van der Waals surface area (Å²) >= 11 is 0. The molecule has 0 bridgehead atoms. The molecule has 5 nitrogen and oxygen atoms in total. The van der Waals surface area contributed by atoms with Crippen LogP contribution in [0.4, 0.5) is 5.69 Å². The largest absolute Gasteiger partial charge is 0.373 e. The Hall–Kier alpha value is -1.20. The van der Waals surface area contributed by atoms with Gasteiger partial charge < -0.3 is 9.80 Å². The minimum atomic E-state index is -4.27. The average Bonchev–Trinajstić information content (AvgIpc) is 2.54. The van der Waals surface area contributed by atoms with Crippen molar-refractivity contribution in [2.45, 2.75) is 44.2 Å². The lowest BCUT2D eigenvalue weighted by molar-refractivity contribution is 0.389. The Bertz CT molecular complexity index is 951. The lowest BCUT2D eigenvalue weighted by Gasteiger charge is -2.34. The van der Waals surface area contributed by atoms with Gasteiger partial charge in [0.2, 0.25) is 0 Å². The van der Waals surface area contributed by atoms with Gasteiger partial charge in [-0.25, -0.2) is 0 Å².